The van der Waals surface area contributed by atoms with Crippen LogP contribution in [0.2, 0.25) is 0 Å². The minimum absolute atomic E-state index is 0.214. The Labute approximate surface area is 112 Å². The van der Waals surface area contributed by atoms with E-state index in [1.54, 1.807) is 11.3 Å². The van der Waals surface area contributed by atoms with Crippen LogP contribution in [-0.4, -0.2) is 41.3 Å². The highest BCUT2D eigenvalue weighted by Crippen LogP contribution is 2.28. The molecule has 0 bridgehead atoms. The molecular weight excluding hydrogens is 306 g/mol. The highest BCUT2D eigenvalue weighted by molar-refractivity contribution is 9.11. The van der Waals surface area contributed by atoms with Crippen molar-refractivity contribution in [3.05, 3.63) is 20.8 Å². The fourth-order valence-corrected chi connectivity index (χ4v) is 3.23. The van der Waals surface area contributed by atoms with E-state index in [9.17, 15) is 4.79 Å². The van der Waals surface area contributed by atoms with Gasteiger partial charge in [0.25, 0.3) is 0 Å². The van der Waals surface area contributed by atoms with Crippen LogP contribution in [0.1, 0.15) is 12.5 Å². The quantitative estimate of drug-likeness (QED) is 0.903. The SMILES string of the molecule is CC1(OCC(=O)O)CN(Cc2csc(Br)c2)C1. The number of nitrogens with zero attached hydrogens (tertiary/aromatic N) is 1. The van der Waals surface area contributed by atoms with Gasteiger partial charge < -0.3 is 9.84 Å². The van der Waals surface area contributed by atoms with Crippen molar-refractivity contribution in [2.45, 2.75) is 19.1 Å². The third kappa shape index (κ3) is 3.51. The van der Waals surface area contributed by atoms with E-state index in [1.807, 2.05) is 6.92 Å². The average Bonchev–Trinajstić information content (AvgIpc) is 2.59. The molecule has 1 aliphatic rings. The number of aliphatic carboxylic acids is 1. The molecule has 2 rings (SSSR count). The minimum atomic E-state index is -0.911. The van der Waals surface area contributed by atoms with Crippen molar-refractivity contribution in [2.24, 2.45) is 0 Å². The fraction of sp³-hybridized carbons (Fsp3) is 0.545. The zero-order valence-electron chi connectivity index (χ0n) is 9.48. The van der Waals surface area contributed by atoms with Crippen molar-refractivity contribution in [2.75, 3.05) is 19.7 Å². The molecule has 0 atom stereocenters. The van der Waals surface area contributed by atoms with Gasteiger partial charge in [0.15, 0.2) is 0 Å². The van der Waals surface area contributed by atoms with E-state index in [-0.39, 0.29) is 12.2 Å². The molecule has 94 valence electrons. The van der Waals surface area contributed by atoms with E-state index in [1.165, 1.54) is 5.56 Å². The Morgan fingerprint density at radius 1 is 1.71 bits per heavy atom. The molecule has 1 aromatic rings. The molecule has 0 unspecified atom stereocenters. The van der Waals surface area contributed by atoms with Crippen LogP contribution in [0.3, 0.4) is 0 Å². The van der Waals surface area contributed by atoms with Crippen molar-refractivity contribution in [3.8, 4) is 0 Å². The average molecular weight is 320 g/mol. The van der Waals surface area contributed by atoms with Gasteiger partial charge in [-0.25, -0.2) is 4.79 Å². The maximum atomic E-state index is 10.4. The van der Waals surface area contributed by atoms with Gasteiger partial charge in [0, 0.05) is 19.6 Å². The van der Waals surface area contributed by atoms with Crippen LogP contribution < -0.4 is 0 Å². The number of likely N-dealkylation sites (tertiary alicyclic amines) is 1. The highest BCUT2D eigenvalue weighted by atomic mass is 79.9. The van der Waals surface area contributed by atoms with Crippen LogP contribution in [0.15, 0.2) is 15.2 Å². The monoisotopic (exact) mass is 319 g/mol. The van der Waals surface area contributed by atoms with Crippen molar-refractivity contribution >= 4 is 33.2 Å². The molecule has 17 heavy (non-hydrogen) atoms. The molecule has 0 saturated carbocycles. The second-order valence-electron chi connectivity index (χ2n) is 4.54. The number of hydrogen-bond acceptors (Lipinski definition) is 4. The van der Waals surface area contributed by atoms with Gasteiger partial charge in [0.2, 0.25) is 0 Å². The largest absolute Gasteiger partial charge is 0.480 e. The predicted molar refractivity (Wildman–Crippen MR) is 69.3 cm³/mol. The first-order valence-corrected chi connectivity index (χ1v) is 6.95. The molecule has 4 nitrogen and oxygen atoms in total. The van der Waals surface area contributed by atoms with E-state index >= 15 is 0 Å². The summed E-state index contributed by atoms with van der Waals surface area (Å²) in [6, 6.07) is 2.11. The van der Waals surface area contributed by atoms with Gasteiger partial charge in [-0.2, -0.15) is 0 Å². The number of thiophene rings is 1. The Morgan fingerprint density at radius 2 is 2.41 bits per heavy atom. The zero-order valence-corrected chi connectivity index (χ0v) is 11.9. The van der Waals surface area contributed by atoms with E-state index in [4.69, 9.17) is 9.84 Å². The molecule has 6 heteroatoms. The molecule has 0 radical (unpaired) electrons. The van der Waals surface area contributed by atoms with E-state index < -0.39 is 5.97 Å². The van der Waals surface area contributed by atoms with Crippen molar-refractivity contribution in [1.82, 2.24) is 4.90 Å². The summed E-state index contributed by atoms with van der Waals surface area (Å²) in [5, 5.41) is 10.7. The summed E-state index contributed by atoms with van der Waals surface area (Å²) in [7, 11) is 0. The number of halogens is 1. The van der Waals surface area contributed by atoms with Crippen LogP contribution in [-0.2, 0) is 16.1 Å². The van der Waals surface area contributed by atoms with E-state index in [0.717, 1.165) is 23.4 Å². The summed E-state index contributed by atoms with van der Waals surface area (Å²) >= 11 is 5.11. The Kier molecular flexibility index (Phi) is 3.87. The molecule has 1 aliphatic heterocycles. The van der Waals surface area contributed by atoms with Crippen LogP contribution in [0.25, 0.3) is 0 Å². The Balaban J connectivity index is 1.76. The Hall–Kier alpha value is -0.430. The number of rotatable bonds is 5. The summed E-state index contributed by atoms with van der Waals surface area (Å²) < 4.78 is 6.49. The van der Waals surface area contributed by atoms with E-state index in [2.05, 4.69) is 32.3 Å². The molecule has 0 aromatic carbocycles. The molecule has 1 fully saturated rings. The van der Waals surface area contributed by atoms with Gasteiger partial charge >= 0.3 is 5.97 Å². The van der Waals surface area contributed by atoms with E-state index in [0.29, 0.717) is 0 Å². The molecule has 0 amide bonds. The zero-order chi connectivity index (χ0) is 12.5. The summed E-state index contributed by atoms with van der Waals surface area (Å²) in [5.41, 5.74) is 0.980. The maximum absolute atomic E-state index is 10.4. The number of hydrogen-bond donors (Lipinski definition) is 1. The third-order valence-corrected chi connectivity index (χ3v) is 4.24. The first kappa shape index (κ1) is 13.0. The predicted octanol–water partition coefficient (Wildman–Crippen LogP) is 2.19. The van der Waals surface area contributed by atoms with Crippen LogP contribution in [0.4, 0.5) is 0 Å². The first-order chi connectivity index (χ1) is 7.97. The van der Waals surface area contributed by atoms with Crippen LogP contribution in [0, 0.1) is 0 Å². The Bertz CT molecular complexity index is 415. The van der Waals surface area contributed by atoms with Crippen molar-refractivity contribution in [3.63, 3.8) is 0 Å². The maximum Gasteiger partial charge on any atom is 0.329 e. The van der Waals surface area contributed by atoms with Gasteiger partial charge in [-0.3, -0.25) is 4.90 Å². The standard InChI is InChI=1S/C11H14BrNO3S/c1-11(16-4-10(14)15)6-13(7-11)3-8-2-9(12)17-5-8/h2,5H,3-4,6-7H2,1H3,(H,14,15). The number of carboxylic acids is 1. The summed E-state index contributed by atoms with van der Waals surface area (Å²) in [6.07, 6.45) is 0. The second kappa shape index (κ2) is 5.06. The van der Waals surface area contributed by atoms with Crippen LogP contribution >= 0.6 is 27.3 Å². The highest BCUT2D eigenvalue weighted by Gasteiger charge is 2.39. The molecular formula is C11H14BrNO3S. The molecule has 0 aliphatic carbocycles. The third-order valence-electron chi connectivity index (χ3n) is 2.69. The number of ether oxygens (including phenoxy) is 1. The lowest BCUT2D eigenvalue weighted by molar-refractivity contribution is -0.165. The van der Waals surface area contributed by atoms with Gasteiger partial charge in [0.05, 0.1) is 9.39 Å². The lowest BCUT2D eigenvalue weighted by Crippen LogP contribution is -2.61. The molecule has 0 spiro atoms. The van der Waals surface area contributed by atoms with Crippen molar-refractivity contribution < 1.29 is 14.6 Å². The second-order valence-corrected chi connectivity index (χ2v) is 6.83. The topological polar surface area (TPSA) is 49.8 Å². The lowest BCUT2D eigenvalue weighted by Gasteiger charge is -2.47. The number of carboxylic acid groups (broad SMARTS) is 1. The smallest absolute Gasteiger partial charge is 0.329 e. The lowest BCUT2D eigenvalue weighted by atomic mass is 9.96. The van der Waals surface area contributed by atoms with Gasteiger partial charge in [-0.1, -0.05) is 0 Å². The first-order valence-electron chi connectivity index (χ1n) is 5.28. The molecule has 1 N–H and O–H groups in total. The van der Waals surface area contributed by atoms with Gasteiger partial charge in [0.1, 0.15) is 6.61 Å². The summed E-state index contributed by atoms with van der Waals surface area (Å²) in [4.78, 5) is 12.7. The fourth-order valence-electron chi connectivity index (χ4n) is 2.03. The minimum Gasteiger partial charge on any atom is -0.480 e. The summed E-state index contributed by atoms with van der Waals surface area (Å²) in [6.45, 7) is 4.21. The Morgan fingerprint density at radius 3 is 2.94 bits per heavy atom. The van der Waals surface area contributed by atoms with Gasteiger partial charge in [-0.05, 0) is 39.9 Å². The molecule has 2 heterocycles. The van der Waals surface area contributed by atoms with Crippen LogP contribution in [0.5, 0.6) is 0 Å². The molecule has 1 saturated heterocycles. The number of carbonyl (C=O) groups is 1. The summed E-state index contributed by atoms with van der Waals surface area (Å²) in [5.74, 6) is -0.911. The molecule has 1 aromatic heterocycles. The van der Waals surface area contributed by atoms with Crippen molar-refractivity contribution in [1.29, 1.82) is 0 Å². The normalized spacial score (nSPS) is 18.9. The van der Waals surface area contributed by atoms with Gasteiger partial charge in [-0.15, -0.1) is 11.3 Å².